The zero-order chi connectivity index (χ0) is 18.8. The highest BCUT2D eigenvalue weighted by molar-refractivity contribution is 7.17. The van der Waals surface area contributed by atoms with E-state index in [4.69, 9.17) is 0 Å². The Morgan fingerprint density at radius 2 is 2.04 bits per heavy atom. The van der Waals surface area contributed by atoms with Crippen LogP contribution >= 0.6 is 11.3 Å². The quantitative estimate of drug-likeness (QED) is 0.795. The number of carbonyl (C=O) groups excluding carboxylic acids is 2. The number of carbonyl (C=O) groups is 2. The van der Waals surface area contributed by atoms with Gasteiger partial charge in [-0.1, -0.05) is 54.5 Å². The van der Waals surface area contributed by atoms with Crippen LogP contribution in [0.15, 0.2) is 30.3 Å². The normalized spacial score (nSPS) is 16.9. The second-order valence-corrected chi connectivity index (χ2v) is 8.21. The van der Waals surface area contributed by atoms with Gasteiger partial charge in [0, 0.05) is 26.2 Å². The number of nitrogens with zero attached hydrogens (tertiary/aromatic N) is 3. The summed E-state index contributed by atoms with van der Waals surface area (Å²) in [4.78, 5) is 33.9. The minimum absolute atomic E-state index is 0.0145. The van der Waals surface area contributed by atoms with E-state index in [1.54, 1.807) is 4.90 Å². The molecule has 2 aromatic rings. The van der Waals surface area contributed by atoms with Gasteiger partial charge >= 0.3 is 6.03 Å². The first-order chi connectivity index (χ1) is 13.1. The van der Waals surface area contributed by atoms with Crippen LogP contribution in [0.25, 0.3) is 0 Å². The zero-order valence-electron chi connectivity index (χ0n) is 15.5. The summed E-state index contributed by atoms with van der Waals surface area (Å²) in [5.74, 6) is 0.672. The number of hydrogen-bond donors (Lipinski definition) is 1. The first-order valence-electron chi connectivity index (χ1n) is 9.48. The molecule has 0 unspecified atom stereocenters. The van der Waals surface area contributed by atoms with Crippen molar-refractivity contribution < 1.29 is 9.59 Å². The lowest BCUT2D eigenvalue weighted by Crippen LogP contribution is -2.32. The molecule has 2 heterocycles. The molecule has 0 radical (unpaired) electrons. The second-order valence-electron chi connectivity index (χ2n) is 7.23. The first kappa shape index (κ1) is 18.0. The molecule has 0 spiro atoms. The molecule has 7 heteroatoms. The van der Waals surface area contributed by atoms with E-state index in [9.17, 15) is 9.59 Å². The van der Waals surface area contributed by atoms with Gasteiger partial charge in [0.25, 0.3) is 5.91 Å². The first-order valence-corrected chi connectivity index (χ1v) is 10.3. The molecule has 1 aromatic heterocycles. The van der Waals surface area contributed by atoms with Crippen molar-refractivity contribution in [2.75, 3.05) is 24.5 Å². The standard InChI is InChI=1S/C20H24N4O2S/c1-14-17(18(25)21-13-16-5-3-2-4-6-16)27-19(22-14)24-12-11-23(20(24)26)10-9-15-7-8-15/h2-6,15H,7-13H2,1H3,(H,21,25). The van der Waals surface area contributed by atoms with Crippen molar-refractivity contribution in [2.24, 2.45) is 5.92 Å². The number of anilines is 1. The number of nitrogens with one attached hydrogen (secondary N) is 1. The Kier molecular flexibility index (Phi) is 5.11. The summed E-state index contributed by atoms with van der Waals surface area (Å²) in [5.41, 5.74) is 1.72. The summed E-state index contributed by atoms with van der Waals surface area (Å²) in [6.45, 7) is 4.50. The highest BCUT2D eigenvalue weighted by Crippen LogP contribution is 2.33. The molecule has 1 N–H and O–H groups in total. The number of aromatic nitrogens is 1. The summed E-state index contributed by atoms with van der Waals surface area (Å²) in [6.07, 6.45) is 3.71. The van der Waals surface area contributed by atoms with Crippen LogP contribution in [0, 0.1) is 12.8 Å². The van der Waals surface area contributed by atoms with Crippen LogP contribution in [0.2, 0.25) is 0 Å². The average molecular weight is 385 g/mol. The van der Waals surface area contributed by atoms with Crippen LogP contribution in [0.4, 0.5) is 9.93 Å². The molecule has 1 saturated carbocycles. The molecular formula is C20H24N4O2S. The molecule has 3 amide bonds. The summed E-state index contributed by atoms with van der Waals surface area (Å²) in [7, 11) is 0. The van der Waals surface area contributed by atoms with Gasteiger partial charge in [0.15, 0.2) is 5.13 Å². The Labute approximate surface area is 163 Å². The van der Waals surface area contributed by atoms with Gasteiger partial charge in [-0.05, 0) is 24.8 Å². The number of aryl methyl sites for hydroxylation is 1. The van der Waals surface area contributed by atoms with Crippen molar-refractivity contribution in [1.29, 1.82) is 0 Å². The Morgan fingerprint density at radius 3 is 2.78 bits per heavy atom. The van der Waals surface area contributed by atoms with Crippen LogP contribution in [0.5, 0.6) is 0 Å². The molecule has 4 rings (SSSR count). The van der Waals surface area contributed by atoms with E-state index < -0.39 is 0 Å². The van der Waals surface area contributed by atoms with E-state index in [0.717, 1.165) is 31.0 Å². The van der Waals surface area contributed by atoms with Crippen molar-refractivity contribution in [1.82, 2.24) is 15.2 Å². The third-order valence-electron chi connectivity index (χ3n) is 5.12. The zero-order valence-corrected chi connectivity index (χ0v) is 16.3. The monoisotopic (exact) mass is 384 g/mol. The largest absolute Gasteiger partial charge is 0.347 e. The van der Waals surface area contributed by atoms with Gasteiger partial charge in [-0.2, -0.15) is 0 Å². The minimum Gasteiger partial charge on any atom is -0.347 e. The average Bonchev–Trinajstić information content (AvgIpc) is 3.33. The molecule has 1 aliphatic heterocycles. The predicted octanol–water partition coefficient (Wildman–Crippen LogP) is 3.42. The van der Waals surface area contributed by atoms with Crippen molar-refractivity contribution in [3.8, 4) is 0 Å². The maximum atomic E-state index is 12.7. The molecule has 27 heavy (non-hydrogen) atoms. The summed E-state index contributed by atoms with van der Waals surface area (Å²) in [6, 6.07) is 9.82. The topological polar surface area (TPSA) is 65.5 Å². The lowest BCUT2D eigenvalue weighted by molar-refractivity contribution is 0.0954. The van der Waals surface area contributed by atoms with Crippen molar-refractivity contribution in [2.45, 2.75) is 32.7 Å². The molecular weight excluding hydrogens is 360 g/mol. The molecule has 0 atom stereocenters. The smallest absolute Gasteiger partial charge is 0.326 e. The maximum Gasteiger partial charge on any atom is 0.326 e. The van der Waals surface area contributed by atoms with E-state index in [-0.39, 0.29) is 11.9 Å². The molecule has 142 valence electrons. The third kappa shape index (κ3) is 4.13. The van der Waals surface area contributed by atoms with Crippen molar-refractivity contribution >= 4 is 28.4 Å². The number of urea groups is 1. The minimum atomic E-state index is -0.141. The Hall–Kier alpha value is -2.41. The van der Waals surface area contributed by atoms with Crippen molar-refractivity contribution in [3.63, 3.8) is 0 Å². The molecule has 1 aliphatic carbocycles. The van der Waals surface area contributed by atoms with E-state index >= 15 is 0 Å². The number of benzene rings is 1. The molecule has 2 aliphatic rings. The van der Waals surface area contributed by atoms with E-state index in [2.05, 4.69) is 10.3 Å². The lowest BCUT2D eigenvalue weighted by atomic mass is 10.2. The van der Waals surface area contributed by atoms with Crippen LogP contribution in [-0.4, -0.2) is 41.5 Å². The van der Waals surface area contributed by atoms with Gasteiger partial charge in [-0.3, -0.25) is 9.69 Å². The Balaban J connectivity index is 1.38. The molecule has 1 aromatic carbocycles. The third-order valence-corrected chi connectivity index (χ3v) is 6.30. The Morgan fingerprint density at radius 1 is 1.26 bits per heavy atom. The molecule has 6 nitrogen and oxygen atoms in total. The Bertz CT molecular complexity index is 832. The van der Waals surface area contributed by atoms with Crippen LogP contribution in [0.3, 0.4) is 0 Å². The summed E-state index contributed by atoms with van der Waals surface area (Å²) >= 11 is 1.30. The van der Waals surface area contributed by atoms with Gasteiger partial charge in [0.1, 0.15) is 4.88 Å². The van der Waals surface area contributed by atoms with Gasteiger partial charge in [-0.25, -0.2) is 9.78 Å². The lowest BCUT2D eigenvalue weighted by Gasteiger charge is -2.16. The highest BCUT2D eigenvalue weighted by Gasteiger charge is 2.33. The van der Waals surface area contributed by atoms with Crippen LogP contribution in [0.1, 0.15) is 40.2 Å². The number of rotatable bonds is 7. The van der Waals surface area contributed by atoms with Gasteiger partial charge in [0.05, 0.1) is 5.69 Å². The van der Waals surface area contributed by atoms with Gasteiger partial charge in [0.2, 0.25) is 0 Å². The number of amides is 3. The van der Waals surface area contributed by atoms with Crippen LogP contribution < -0.4 is 10.2 Å². The summed E-state index contributed by atoms with van der Waals surface area (Å²) in [5, 5.41) is 3.56. The molecule has 1 saturated heterocycles. The number of thiazole rings is 1. The van der Waals surface area contributed by atoms with Crippen LogP contribution in [-0.2, 0) is 6.54 Å². The fourth-order valence-electron chi connectivity index (χ4n) is 3.28. The van der Waals surface area contributed by atoms with E-state index in [1.807, 2.05) is 42.2 Å². The fraction of sp³-hybridized carbons (Fsp3) is 0.450. The fourth-order valence-corrected chi connectivity index (χ4v) is 4.28. The molecule has 2 fully saturated rings. The predicted molar refractivity (Wildman–Crippen MR) is 106 cm³/mol. The SMILES string of the molecule is Cc1nc(N2CCN(CCC3CC3)C2=O)sc1C(=O)NCc1ccccc1. The maximum absolute atomic E-state index is 12.7. The summed E-state index contributed by atoms with van der Waals surface area (Å²) < 4.78 is 0. The van der Waals surface area contributed by atoms with Gasteiger partial charge in [-0.15, -0.1) is 0 Å². The second kappa shape index (κ2) is 7.68. The highest BCUT2D eigenvalue weighted by atomic mass is 32.1. The van der Waals surface area contributed by atoms with Gasteiger partial charge < -0.3 is 10.2 Å². The number of hydrogen-bond acceptors (Lipinski definition) is 4. The van der Waals surface area contributed by atoms with E-state index in [0.29, 0.717) is 28.8 Å². The van der Waals surface area contributed by atoms with Crippen molar-refractivity contribution in [3.05, 3.63) is 46.5 Å². The molecule has 0 bridgehead atoms. The van der Waals surface area contributed by atoms with E-state index in [1.165, 1.54) is 24.2 Å².